The van der Waals surface area contributed by atoms with E-state index in [2.05, 4.69) is 15.2 Å². The summed E-state index contributed by atoms with van der Waals surface area (Å²) in [6.07, 6.45) is 2.09. The molecule has 1 amide bonds. The van der Waals surface area contributed by atoms with Gasteiger partial charge in [0.2, 0.25) is 5.91 Å². The Morgan fingerprint density at radius 1 is 1.33 bits per heavy atom. The summed E-state index contributed by atoms with van der Waals surface area (Å²) in [5, 5.41) is 5.97. The Kier molecular flexibility index (Phi) is 5.60. The van der Waals surface area contributed by atoms with Gasteiger partial charge in [0.1, 0.15) is 11.0 Å². The number of benzene rings is 1. The molecule has 1 aromatic carbocycles. The molecule has 1 N–H and O–H groups in total. The number of ether oxygens (including phenoxy) is 1. The Morgan fingerprint density at radius 2 is 2.04 bits per heavy atom. The lowest BCUT2D eigenvalue weighted by Gasteiger charge is -2.35. The minimum atomic E-state index is -0.199. The lowest BCUT2D eigenvalue weighted by molar-refractivity contribution is -0.126. The van der Waals surface area contributed by atoms with Gasteiger partial charge in [-0.25, -0.2) is 4.98 Å². The van der Waals surface area contributed by atoms with Gasteiger partial charge in [0.25, 0.3) is 0 Å². The van der Waals surface area contributed by atoms with Gasteiger partial charge in [0.05, 0.1) is 18.8 Å². The predicted octanol–water partition coefficient (Wildman–Crippen LogP) is 2.46. The Balaban J connectivity index is 1.68. The molecule has 3 unspecified atom stereocenters. The van der Waals surface area contributed by atoms with Crippen molar-refractivity contribution in [3.63, 3.8) is 0 Å². The quantitative estimate of drug-likeness (QED) is 0.904. The maximum atomic E-state index is 12.6. The Hall–Kier alpha value is -1.76. The van der Waals surface area contributed by atoms with Crippen LogP contribution in [0.15, 0.2) is 41.9 Å². The standard InChI is InChI=1S/C18H23N3O2S/c1-13-10-21(11-14(2)23-13)12-16(22)20-17(18-19-8-9-24-18)15-6-4-3-5-7-15/h3-9,13-14,17H,10-12H2,1-2H3,(H,20,22). The van der Waals surface area contributed by atoms with Crippen molar-refractivity contribution in [2.24, 2.45) is 0 Å². The molecule has 0 saturated carbocycles. The first kappa shape index (κ1) is 17.1. The van der Waals surface area contributed by atoms with E-state index in [-0.39, 0.29) is 24.2 Å². The van der Waals surface area contributed by atoms with Gasteiger partial charge in [-0.1, -0.05) is 30.3 Å². The first-order chi connectivity index (χ1) is 11.6. The molecule has 2 aromatic rings. The normalized spacial score (nSPS) is 22.9. The summed E-state index contributed by atoms with van der Waals surface area (Å²) in [5.74, 6) is 0.0142. The summed E-state index contributed by atoms with van der Waals surface area (Å²) in [7, 11) is 0. The molecule has 1 aliphatic rings. The molecule has 128 valence electrons. The van der Waals surface area contributed by atoms with Crippen LogP contribution in [-0.4, -0.2) is 47.6 Å². The van der Waals surface area contributed by atoms with E-state index in [0.29, 0.717) is 6.54 Å². The van der Waals surface area contributed by atoms with Crippen molar-refractivity contribution in [2.45, 2.75) is 32.1 Å². The molecule has 3 atom stereocenters. The third-order valence-corrected chi connectivity index (χ3v) is 4.84. The number of amides is 1. The number of nitrogens with zero attached hydrogens (tertiary/aromatic N) is 2. The molecule has 0 aliphatic carbocycles. The third-order valence-electron chi connectivity index (χ3n) is 4.00. The third kappa shape index (κ3) is 4.41. The number of morpholine rings is 1. The maximum Gasteiger partial charge on any atom is 0.235 e. The molecule has 2 heterocycles. The topological polar surface area (TPSA) is 54.5 Å². The van der Waals surface area contributed by atoms with Crippen LogP contribution in [-0.2, 0) is 9.53 Å². The van der Waals surface area contributed by atoms with Gasteiger partial charge in [-0.3, -0.25) is 9.69 Å². The van der Waals surface area contributed by atoms with Crippen molar-refractivity contribution in [3.8, 4) is 0 Å². The zero-order valence-electron chi connectivity index (χ0n) is 14.0. The van der Waals surface area contributed by atoms with Gasteiger partial charge in [-0.05, 0) is 19.4 Å². The highest BCUT2D eigenvalue weighted by molar-refractivity contribution is 7.09. The monoisotopic (exact) mass is 345 g/mol. The fraction of sp³-hybridized carbons (Fsp3) is 0.444. The average molecular weight is 345 g/mol. The zero-order valence-corrected chi connectivity index (χ0v) is 14.8. The zero-order chi connectivity index (χ0) is 16.9. The van der Waals surface area contributed by atoms with E-state index in [9.17, 15) is 4.79 Å². The van der Waals surface area contributed by atoms with Crippen molar-refractivity contribution < 1.29 is 9.53 Å². The highest BCUT2D eigenvalue weighted by atomic mass is 32.1. The van der Waals surface area contributed by atoms with E-state index < -0.39 is 0 Å². The molecule has 0 spiro atoms. The van der Waals surface area contributed by atoms with Crippen LogP contribution >= 0.6 is 11.3 Å². The van der Waals surface area contributed by atoms with E-state index >= 15 is 0 Å². The maximum absolute atomic E-state index is 12.6. The van der Waals surface area contributed by atoms with Gasteiger partial charge < -0.3 is 10.1 Å². The van der Waals surface area contributed by atoms with Crippen LogP contribution in [0.1, 0.15) is 30.5 Å². The fourth-order valence-electron chi connectivity index (χ4n) is 3.13. The fourth-order valence-corrected chi connectivity index (χ4v) is 3.85. The minimum absolute atomic E-state index is 0.0142. The summed E-state index contributed by atoms with van der Waals surface area (Å²) in [5.41, 5.74) is 1.05. The van der Waals surface area contributed by atoms with Crippen molar-refractivity contribution >= 4 is 17.2 Å². The smallest absolute Gasteiger partial charge is 0.235 e. The molecule has 24 heavy (non-hydrogen) atoms. The minimum Gasteiger partial charge on any atom is -0.373 e. The largest absolute Gasteiger partial charge is 0.373 e. The molecule has 1 saturated heterocycles. The van der Waals surface area contributed by atoms with E-state index in [1.54, 1.807) is 17.5 Å². The van der Waals surface area contributed by atoms with Crippen LogP contribution in [0.25, 0.3) is 0 Å². The first-order valence-corrected chi connectivity index (χ1v) is 9.11. The van der Waals surface area contributed by atoms with Gasteiger partial charge in [0.15, 0.2) is 0 Å². The number of carbonyl (C=O) groups excluding carboxylic acids is 1. The van der Waals surface area contributed by atoms with E-state index in [4.69, 9.17) is 4.74 Å². The van der Waals surface area contributed by atoms with Crippen LogP contribution in [0.5, 0.6) is 0 Å². The molecular formula is C18H23N3O2S. The van der Waals surface area contributed by atoms with Crippen LogP contribution in [0.3, 0.4) is 0 Å². The summed E-state index contributed by atoms with van der Waals surface area (Å²) in [6, 6.07) is 9.77. The second kappa shape index (κ2) is 7.88. The summed E-state index contributed by atoms with van der Waals surface area (Å²) >= 11 is 1.56. The van der Waals surface area contributed by atoms with Gasteiger partial charge in [-0.15, -0.1) is 11.3 Å². The lowest BCUT2D eigenvalue weighted by atomic mass is 10.1. The Labute approximate surface area is 146 Å². The number of nitrogens with one attached hydrogen (secondary N) is 1. The number of hydrogen-bond donors (Lipinski definition) is 1. The second-order valence-electron chi connectivity index (χ2n) is 6.23. The van der Waals surface area contributed by atoms with Gasteiger partial charge in [0, 0.05) is 24.7 Å². The van der Waals surface area contributed by atoms with Crippen molar-refractivity contribution in [3.05, 3.63) is 52.5 Å². The number of rotatable bonds is 5. The highest BCUT2D eigenvalue weighted by Gasteiger charge is 2.25. The summed E-state index contributed by atoms with van der Waals surface area (Å²) < 4.78 is 5.73. The lowest BCUT2D eigenvalue weighted by Crippen LogP contribution is -2.49. The Bertz CT molecular complexity index is 638. The molecule has 5 nitrogen and oxygen atoms in total. The van der Waals surface area contributed by atoms with Crippen LogP contribution in [0, 0.1) is 0 Å². The van der Waals surface area contributed by atoms with Crippen molar-refractivity contribution in [2.75, 3.05) is 19.6 Å². The van der Waals surface area contributed by atoms with E-state index in [1.165, 1.54) is 0 Å². The van der Waals surface area contributed by atoms with Crippen molar-refractivity contribution in [1.29, 1.82) is 0 Å². The van der Waals surface area contributed by atoms with Crippen LogP contribution in [0.4, 0.5) is 0 Å². The molecule has 0 radical (unpaired) electrons. The first-order valence-electron chi connectivity index (χ1n) is 8.23. The van der Waals surface area contributed by atoms with Gasteiger partial charge in [-0.2, -0.15) is 0 Å². The Morgan fingerprint density at radius 3 is 2.67 bits per heavy atom. The number of hydrogen-bond acceptors (Lipinski definition) is 5. The average Bonchev–Trinajstić information content (AvgIpc) is 3.06. The van der Waals surface area contributed by atoms with Crippen LogP contribution in [0.2, 0.25) is 0 Å². The highest BCUT2D eigenvalue weighted by Crippen LogP contribution is 2.23. The second-order valence-corrected chi connectivity index (χ2v) is 7.16. The van der Waals surface area contributed by atoms with Crippen molar-refractivity contribution in [1.82, 2.24) is 15.2 Å². The molecule has 1 aromatic heterocycles. The SMILES string of the molecule is CC1CN(CC(=O)NC(c2ccccc2)c2nccs2)CC(C)O1. The predicted molar refractivity (Wildman–Crippen MR) is 95.0 cm³/mol. The van der Waals surface area contributed by atoms with E-state index in [1.807, 2.05) is 49.6 Å². The number of thiazole rings is 1. The summed E-state index contributed by atoms with van der Waals surface area (Å²) in [4.78, 5) is 19.1. The molecule has 6 heteroatoms. The molecule has 1 fully saturated rings. The van der Waals surface area contributed by atoms with Crippen LogP contribution < -0.4 is 5.32 Å². The number of aromatic nitrogens is 1. The molecule has 0 bridgehead atoms. The number of carbonyl (C=O) groups is 1. The molecular weight excluding hydrogens is 322 g/mol. The van der Waals surface area contributed by atoms with E-state index in [0.717, 1.165) is 23.7 Å². The summed E-state index contributed by atoms with van der Waals surface area (Å²) in [6.45, 7) is 6.04. The molecule has 1 aliphatic heterocycles. The molecule has 3 rings (SSSR count). The van der Waals surface area contributed by atoms with Gasteiger partial charge >= 0.3 is 0 Å².